The van der Waals surface area contributed by atoms with Gasteiger partial charge in [-0.1, -0.05) is 19.1 Å². The lowest BCUT2D eigenvalue weighted by atomic mass is 10.2. The van der Waals surface area contributed by atoms with Crippen molar-refractivity contribution in [2.24, 2.45) is 0 Å². The molecule has 1 amide bonds. The minimum atomic E-state index is -0.483. The molecule has 134 valence electrons. The van der Waals surface area contributed by atoms with E-state index in [1.807, 2.05) is 26.8 Å². The van der Waals surface area contributed by atoms with Crippen LogP contribution in [0.2, 0.25) is 0 Å². The highest BCUT2D eigenvalue weighted by molar-refractivity contribution is 7.14. The van der Waals surface area contributed by atoms with E-state index in [4.69, 9.17) is 4.74 Å². The minimum Gasteiger partial charge on any atom is -0.451 e. The van der Waals surface area contributed by atoms with Gasteiger partial charge in [0.2, 0.25) is 0 Å². The highest BCUT2D eigenvalue weighted by Gasteiger charge is 2.18. The van der Waals surface area contributed by atoms with Crippen molar-refractivity contribution in [2.75, 3.05) is 13.2 Å². The van der Waals surface area contributed by atoms with Gasteiger partial charge in [0.25, 0.3) is 5.91 Å². The normalized spacial score (nSPS) is 10.6. The number of carbonyl (C=O) groups is 2. The van der Waals surface area contributed by atoms with E-state index in [0.29, 0.717) is 17.0 Å². The molecule has 0 saturated carbocycles. The lowest BCUT2D eigenvalue weighted by molar-refractivity contribution is -0.134. The van der Waals surface area contributed by atoms with Crippen LogP contribution >= 0.6 is 11.3 Å². The number of benzene rings is 1. The van der Waals surface area contributed by atoms with E-state index in [9.17, 15) is 14.0 Å². The van der Waals surface area contributed by atoms with Gasteiger partial charge in [-0.05, 0) is 49.6 Å². The monoisotopic (exact) mass is 363 g/mol. The molecule has 1 heterocycles. The SMILES string of the molecule is CCc1cc(C(=O)OCC(=O)N(CC)Cc2cccc(F)c2)sc1C. The third kappa shape index (κ3) is 5.13. The van der Waals surface area contributed by atoms with Gasteiger partial charge in [0, 0.05) is 18.0 Å². The standard InChI is InChI=1S/C19H22FNO3S/c1-4-15-10-17(25-13(15)3)19(23)24-12-18(22)21(5-2)11-14-7-6-8-16(20)9-14/h6-10H,4-5,11-12H2,1-3H3. The number of hydrogen-bond donors (Lipinski definition) is 0. The molecule has 0 aliphatic heterocycles. The van der Waals surface area contributed by atoms with Crippen LogP contribution in [0.4, 0.5) is 4.39 Å². The Morgan fingerprint density at radius 2 is 2.00 bits per heavy atom. The number of aryl methyl sites for hydroxylation is 2. The van der Waals surface area contributed by atoms with Crippen molar-refractivity contribution < 1.29 is 18.7 Å². The Bertz CT molecular complexity index is 757. The molecule has 0 radical (unpaired) electrons. The number of nitrogens with zero attached hydrogens (tertiary/aromatic N) is 1. The molecular formula is C19H22FNO3S. The summed E-state index contributed by atoms with van der Waals surface area (Å²) >= 11 is 1.38. The van der Waals surface area contributed by atoms with Crippen molar-refractivity contribution in [3.63, 3.8) is 0 Å². The van der Waals surface area contributed by atoms with E-state index in [1.165, 1.54) is 28.4 Å². The Morgan fingerprint density at radius 3 is 2.60 bits per heavy atom. The van der Waals surface area contributed by atoms with Gasteiger partial charge in [-0.3, -0.25) is 4.79 Å². The van der Waals surface area contributed by atoms with Crippen LogP contribution in [0, 0.1) is 12.7 Å². The minimum absolute atomic E-state index is 0.280. The van der Waals surface area contributed by atoms with Crippen molar-refractivity contribution in [3.05, 3.63) is 57.0 Å². The van der Waals surface area contributed by atoms with Gasteiger partial charge in [-0.25, -0.2) is 9.18 Å². The van der Waals surface area contributed by atoms with Crippen LogP contribution in [0.5, 0.6) is 0 Å². The lowest BCUT2D eigenvalue weighted by Gasteiger charge is -2.20. The van der Waals surface area contributed by atoms with E-state index in [2.05, 4.69) is 0 Å². The Labute approximate surface area is 151 Å². The first-order valence-electron chi connectivity index (χ1n) is 8.23. The van der Waals surface area contributed by atoms with Crippen molar-refractivity contribution in [1.29, 1.82) is 0 Å². The molecule has 0 aliphatic rings. The molecule has 0 N–H and O–H groups in total. The van der Waals surface area contributed by atoms with Crippen LogP contribution < -0.4 is 0 Å². The molecule has 2 rings (SSSR count). The van der Waals surface area contributed by atoms with Gasteiger partial charge in [-0.15, -0.1) is 11.3 Å². The van der Waals surface area contributed by atoms with Crippen LogP contribution in [0.15, 0.2) is 30.3 Å². The number of amides is 1. The molecule has 0 fully saturated rings. The summed E-state index contributed by atoms with van der Waals surface area (Å²) in [6.07, 6.45) is 0.853. The first kappa shape index (κ1) is 19.1. The topological polar surface area (TPSA) is 46.6 Å². The van der Waals surface area contributed by atoms with Crippen molar-refractivity contribution in [2.45, 2.75) is 33.7 Å². The van der Waals surface area contributed by atoms with Gasteiger partial charge in [0.15, 0.2) is 6.61 Å². The molecule has 0 saturated heterocycles. The molecule has 2 aromatic rings. The summed E-state index contributed by atoms with van der Waals surface area (Å²) in [7, 11) is 0. The van der Waals surface area contributed by atoms with Crippen LogP contribution in [0.3, 0.4) is 0 Å². The smallest absolute Gasteiger partial charge is 0.348 e. The fourth-order valence-electron chi connectivity index (χ4n) is 2.49. The second-order valence-corrected chi connectivity index (χ2v) is 6.92. The fraction of sp³-hybridized carbons (Fsp3) is 0.368. The predicted octanol–water partition coefficient (Wildman–Crippen LogP) is 3.96. The zero-order chi connectivity index (χ0) is 18.4. The number of rotatable bonds is 7. The van der Waals surface area contributed by atoms with Gasteiger partial charge in [-0.2, -0.15) is 0 Å². The molecule has 0 bridgehead atoms. The Morgan fingerprint density at radius 1 is 1.24 bits per heavy atom. The fourth-order valence-corrected chi connectivity index (χ4v) is 3.50. The summed E-state index contributed by atoms with van der Waals surface area (Å²) in [5, 5.41) is 0. The molecule has 6 heteroatoms. The summed E-state index contributed by atoms with van der Waals surface area (Å²) in [6.45, 7) is 6.23. The zero-order valence-electron chi connectivity index (χ0n) is 14.7. The maximum atomic E-state index is 13.3. The Balaban J connectivity index is 1.93. The van der Waals surface area contributed by atoms with E-state index < -0.39 is 5.97 Å². The largest absolute Gasteiger partial charge is 0.451 e. The van der Waals surface area contributed by atoms with E-state index >= 15 is 0 Å². The molecule has 0 atom stereocenters. The van der Waals surface area contributed by atoms with Crippen LogP contribution in [0.25, 0.3) is 0 Å². The maximum absolute atomic E-state index is 13.3. The first-order chi connectivity index (χ1) is 11.9. The zero-order valence-corrected chi connectivity index (χ0v) is 15.5. The lowest BCUT2D eigenvalue weighted by Crippen LogP contribution is -2.34. The van der Waals surface area contributed by atoms with Crippen LogP contribution in [0.1, 0.15) is 39.5 Å². The summed E-state index contributed by atoms with van der Waals surface area (Å²) in [5.74, 6) is -1.13. The number of ether oxygens (including phenoxy) is 1. The average molecular weight is 363 g/mol. The highest BCUT2D eigenvalue weighted by atomic mass is 32.1. The molecule has 25 heavy (non-hydrogen) atoms. The molecule has 1 aromatic carbocycles. The van der Waals surface area contributed by atoms with Gasteiger partial charge < -0.3 is 9.64 Å². The van der Waals surface area contributed by atoms with Crippen molar-refractivity contribution in [1.82, 2.24) is 4.90 Å². The predicted molar refractivity (Wildman–Crippen MR) is 96.2 cm³/mol. The quantitative estimate of drug-likeness (QED) is 0.700. The summed E-state index contributed by atoms with van der Waals surface area (Å²) in [6, 6.07) is 7.93. The Hall–Kier alpha value is -2.21. The first-order valence-corrected chi connectivity index (χ1v) is 9.04. The summed E-state index contributed by atoms with van der Waals surface area (Å²) in [4.78, 5) is 27.5. The number of halogens is 1. The molecular weight excluding hydrogens is 341 g/mol. The number of carbonyl (C=O) groups excluding carboxylic acids is 2. The second kappa shape index (κ2) is 8.76. The van der Waals surface area contributed by atoms with E-state index in [-0.39, 0.29) is 24.9 Å². The molecule has 0 unspecified atom stereocenters. The van der Waals surface area contributed by atoms with Gasteiger partial charge in [0.05, 0.1) is 0 Å². The maximum Gasteiger partial charge on any atom is 0.348 e. The molecule has 1 aromatic heterocycles. The third-order valence-corrected chi connectivity index (χ3v) is 5.00. The van der Waals surface area contributed by atoms with Crippen LogP contribution in [-0.4, -0.2) is 29.9 Å². The Kier molecular flexibility index (Phi) is 6.70. The highest BCUT2D eigenvalue weighted by Crippen LogP contribution is 2.22. The number of esters is 1. The van der Waals surface area contributed by atoms with Crippen molar-refractivity contribution in [3.8, 4) is 0 Å². The second-order valence-electron chi connectivity index (χ2n) is 5.66. The number of hydrogen-bond acceptors (Lipinski definition) is 4. The van der Waals surface area contributed by atoms with E-state index in [1.54, 1.807) is 12.1 Å². The third-order valence-electron chi connectivity index (χ3n) is 3.93. The van der Waals surface area contributed by atoms with Gasteiger partial charge in [0.1, 0.15) is 10.7 Å². The van der Waals surface area contributed by atoms with Gasteiger partial charge >= 0.3 is 5.97 Å². The number of likely N-dealkylation sites (N-methyl/N-ethyl adjacent to an activating group) is 1. The molecule has 4 nitrogen and oxygen atoms in total. The molecule has 0 aliphatic carbocycles. The van der Waals surface area contributed by atoms with Crippen molar-refractivity contribution >= 4 is 23.2 Å². The number of thiophene rings is 1. The molecule has 0 spiro atoms. The van der Waals surface area contributed by atoms with Crippen LogP contribution in [-0.2, 0) is 22.5 Å². The van der Waals surface area contributed by atoms with E-state index in [0.717, 1.165) is 16.9 Å². The average Bonchev–Trinajstić information content (AvgIpc) is 2.98. The summed E-state index contributed by atoms with van der Waals surface area (Å²) < 4.78 is 18.4. The summed E-state index contributed by atoms with van der Waals surface area (Å²) in [5.41, 5.74) is 1.81.